The Kier molecular flexibility index (Phi) is 4.16. The highest BCUT2D eigenvalue weighted by atomic mass is 14.6. The van der Waals surface area contributed by atoms with Gasteiger partial charge in [0.1, 0.15) is 0 Å². The summed E-state index contributed by atoms with van der Waals surface area (Å²) < 4.78 is 0. The van der Waals surface area contributed by atoms with Crippen LogP contribution in [0, 0.1) is 13.8 Å². The molecule has 1 nitrogen and oxygen atoms in total. The third kappa shape index (κ3) is 2.99. The van der Waals surface area contributed by atoms with Crippen LogP contribution in [0.15, 0.2) is 48.5 Å². The zero-order chi connectivity index (χ0) is 13.0. The lowest BCUT2D eigenvalue weighted by molar-refractivity contribution is 0.646. The summed E-state index contributed by atoms with van der Waals surface area (Å²) in [4.78, 5) is 0. The van der Waals surface area contributed by atoms with Crippen molar-refractivity contribution in [3.05, 3.63) is 70.8 Å². The summed E-state index contributed by atoms with van der Waals surface area (Å²) in [7, 11) is 0. The van der Waals surface area contributed by atoms with Gasteiger partial charge < -0.3 is 5.73 Å². The van der Waals surface area contributed by atoms with E-state index in [1.807, 2.05) is 0 Å². The second-order valence-corrected chi connectivity index (χ2v) is 4.93. The smallest absolute Gasteiger partial charge is 0.0300 e. The average molecular weight is 239 g/mol. The first kappa shape index (κ1) is 12.8. The SMILES string of the molecule is Cc1ccccc1CCC(N)c1ccccc1C. The lowest BCUT2D eigenvalue weighted by Crippen LogP contribution is -2.12. The number of hydrogen-bond acceptors (Lipinski definition) is 1. The first-order valence-corrected chi connectivity index (χ1v) is 6.54. The second kappa shape index (κ2) is 5.83. The van der Waals surface area contributed by atoms with Crippen LogP contribution in [0.3, 0.4) is 0 Å². The molecule has 0 aliphatic rings. The van der Waals surface area contributed by atoms with Crippen molar-refractivity contribution < 1.29 is 0 Å². The van der Waals surface area contributed by atoms with Crippen LogP contribution in [-0.4, -0.2) is 0 Å². The average Bonchev–Trinajstić information content (AvgIpc) is 2.38. The zero-order valence-electron chi connectivity index (χ0n) is 11.2. The van der Waals surface area contributed by atoms with Crippen LogP contribution in [0.5, 0.6) is 0 Å². The lowest BCUT2D eigenvalue weighted by Gasteiger charge is -2.15. The molecule has 0 saturated carbocycles. The highest BCUT2D eigenvalue weighted by molar-refractivity contribution is 5.30. The molecule has 1 atom stereocenters. The fraction of sp³-hybridized carbons (Fsp3) is 0.294. The van der Waals surface area contributed by atoms with Crippen LogP contribution in [0.4, 0.5) is 0 Å². The number of aryl methyl sites for hydroxylation is 3. The Hall–Kier alpha value is -1.60. The maximum Gasteiger partial charge on any atom is 0.0300 e. The van der Waals surface area contributed by atoms with Crippen LogP contribution in [0.25, 0.3) is 0 Å². The van der Waals surface area contributed by atoms with Gasteiger partial charge in [-0.3, -0.25) is 0 Å². The second-order valence-electron chi connectivity index (χ2n) is 4.93. The van der Waals surface area contributed by atoms with Gasteiger partial charge in [0, 0.05) is 6.04 Å². The maximum absolute atomic E-state index is 6.29. The normalized spacial score (nSPS) is 12.4. The third-order valence-corrected chi connectivity index (χ3v) is 3.57. The van der Waals surface area contributed by atoms with Crippen LogP contribution in [-0.2, 0) is 6.42 Å². The number of rotatable bonds is 4. The maximum atomic E-state index is 6.29. The van der Waals surface area contributed by atoms with Gasteiger partial charge in [-0.15, -0.1) is 0 Å². The summed E-state index contributed by atoms with van der Waals surface area (Å²) in [5, 5.41) is 0. The minimum atomic E-state index is 0.130. The van der Waals surface area contributed by atoms with Gasteiger partial charge >= 0.3 is 0 Å². The monoisotopic (exact) mass is 239 g/mol. The molecular formula is C17H21N. The van der Waals surface area contributed by atoms with E-state index in [0.717, 1.165) is 12.8 Å². The van der Waals surface area contributed by atoms with E-state index in [9.17, 15) is 0 Å². The van der Waals surface area contributed by atoms with Gasteiger partial charge in [-0.05, 0) is 48.9 Å². The summed E-state index contributed by atoms with van der Waals surface area (Å²) in [5.74, 6) is 0. The van der Waals surface area contributed by atoms with Gasteiger partial charge in [0.2, 0.25) is 0 Å². The molecule has 2 N–H and O–H groups in total. The van der Waals surface area contributed by atoms with Crippen molar-refractivity contribution >= 4 is 0 Å². The highest BCUT2D eigenvalue weighted by Gasteiger charge is 2.09. The predicted molar refractivity (Wildman–Crippen MR) is 77.6 cm³/mol. The molecule has 0 aromatic heterocycles. The van der Waals surface area contributed by atoms with Crippen LogP contribution in [0.1, 0.15) is 34.7 Å². The molecule has 0 amide bonds. The number of hydrogen-bond donors (Lipinski definition) is 1. The topological polar surface area (TPSA) is 26.0 Å². The third-order valence-electron chi connectivity index (χ3n) is 3.57. The van der Waals surface area contributed by atoms with Gasteiger partial charge in [-0.1, -0.05) is 48.5 Å². The summed E-state index contributed by atoms with van der Waals surface area (Å²) in [6.45, 7) is 4.29. The molecule has 0 fully saturated rings. The van der Waals surface area contributed by atoms with E-state index in [0.29, 0.717) is 0 Å². The number of benzene rings is 2. The molecule has 2 rings (SSSR count). The summed E-state index contributed by atoms with van der Waals surface area (Å²) in [6.07, 6.45) is 2.04. The molecule has 0 radical (unpaired) electrons. The van der Waals surface area contributed by atoms with E-state index in [2.05, 4.69) is 62.4 Å². The fourth-order valence-electron chi connectivity index (χ4n) is 2.36. The zero-order valence-corrected chi connectivity index (χ0v) is 11.2. The van der Waals surface area contributed by atoms with Gasteiger partial charge in [0.05, 0.1) is 0 Å². The standard InChI is InChI=1S/C17H21N/c1-13-7-3-5-9-15(13)11-12-17(18)16-10-6-4-8-14(16)2/h3-10,17H,11-12,18H2,1-2H3. The van der Waals surface area contributed by atoms with Crippen molar-refractivity contribution in [2.75, 3.05) is 0 Å². The van der Waals surface area contributed by atoms with E-state index in [1.54, 1.807) is 0 Å². The Morgan fingerprint density at radius 1 is 0.889 bits per heavy atom. The lowest BCUT2D eigenvalue weighted by atomic mass is 9.95. The molecule has 1 unspecified atom stereocenters. The molecule has 18 heavy (non-hydrogen) atoms. The van der Waals surface area contributed by atoms with Gasteiger partial charge in [0.25, 0.3) is 0 Å². The first-order valence-electron chi connectivity index (χ1n) is 6.54. The predicted octanol–water partition coefficient (Wildman–Crippen LogP) is 3.94. The Labute approximate surface area is 110 Å². The van der Waals surface area contributed by atoms with Crippen molar-refractivity contribution in [1.29, 1.82) is 0 Å². The van der Waals surface area contributed by atoms with E-state index in [4.69, 9.17) is 5.73 Å². The Morgan fingerprint density at radius 3 is 2.17 bits per heavy atom. The van der Waals surface area contributed by atoms with Crippen LogP contribution < -0.4 is 5.73 Å². The molecule has 0 aliphatic carbocycles. The molecule has 0 aliphatic heterocycles. The minimum Gasteiger partial charge on any atom is -0.324 e. The van der Waals surface area contributed by atoms with Gasteiger partial charge in [-0.25, -0.2) is 0 Å². The Balaban J connectivity index is 2.03. The minimum absolute atomic E-state index is 0.130. The summed E-state index contributed by atoms with van der Waals surface area (Å²) >= 11 is 0. The van der Waals surface area contributed by atoms with E-state index < -0.39 is 0 Å². The molecular weight excluding hydrogens is 218 g/mol. The molecule has 0 heterocycles. The van der Waals surface area contributed by atoms with Gasteiger partial charge in [0.15, 0.2) is 0 Å². The highest BCUT2D eigenvalue weighted by Crippen LogP contribution is 2.21. The first-order chi connectivity index (χ1) is 8.68. The van der Waals surface area contributed by atoms with Crippen molar-refractivity contribution in [3.63, 3.8) is 0 Å². The van der Waals surface area contributed by atoms with E-state index >= 15 is 0 Å². The van der Waals surface area contributed by atoms with Crippen molar-refractivity contribution in [1.82, 2.24) is 0 Å². The molecule has 0 spiro atoms. The van der Waals surface area contributed by atoms with Crippen molar-refractivity contribution in [3.8, 4) is 0 Å². The summed E-state index contributed by atoms with van der Waals surface area (Å²) in [6, 6.07) is 17.1. The van der Waals surface area contributed by atoms with Crippen LogP contribution in [0.2, 0.25) is 0 Å². The molecule has 0 saturated heterocycles. The van der Waals surface area contributed by atoms with Crippen molar-refractivity contribution in [2.24, 2.45) is 5.73 Å². The Bertz CT molecular complexity index is 517. The largest absolute Gasteiger partial charge is 0.324 e. The van der Waals surface area contributed by atoms with Gasteiger partial charge in [-0.2, -0.15) is 0 Å². The number of nitrogens with two attached hydrogens (primary N) is 1. The molecule has 94 valence electrons. The molecule has 2 aromatic rings. The summed E-state index contributed by atoms with van der Waals surface area (Å²) in [5.41, 5.74) is 11.6. The van der Waals surface area contributed by atoms with Crippen LogP contribution >= 0.6 is 0 Å². The quantitative estimate of drug-likeness (QED) is 0.859. The molecule has 1 heteroatoms. The Morgan fingerprint density at radius 2 is 1.50 bits per heavy atom. The fourth-order valence-corrected chi connectivity index (χ4v) is 2.36. The molecule has 0 bridgehead atoms. The molecule has 2 aromatic carbocycles. The van der Waals surface area contributed by atoms with E-state index in [-0.39, 0.29) is 6.04 Å². The van der Waals surface area contributed by atoms with Crippen molar-refractivity contribution in [2.45, 2.75) is 32.7 Å². The van der Waals surface area contributed by atoms with E-state index in [1.165, 1.54) is 22.3 Å².